The van der Waals surface area contributed by atoms with Crippen LogP contribution in [-0.4, -0.2) is 13.2 Å². The van der Waals surface area contributed by atoms with Gasteiger partial charge >= 0.3 is 6.11 Å². The minimum absolute atomic E-state index is 0.0288. The molecular weight excluding hydrogens is 507 g/mol. The van der Waals surface area contributed by atoms with E-state index in [1.165, 1.54) is 0 Å². The van der Waals surface area contributed by atoms with Gasteiger partial charge in [0.15, 0.2) is 35.4 Å². The standard InChI is InChI=1S/C24H15F9O3/c1-10-8-34-23(35-9-10)14-3-2-13(20(29)21(14)30)11-4-15(25)19(16(26)5-11)24(32,33)36-12-6-17(27)22(31)18(28)7-12/h2-7,10,23H,8-9H2,1H3. The molecule has 3 nitrogen and oxygen atoms in total. The minimum atomic E-state index is -4.83. The van der Waals surface area contributed by atoms with Crippen LogP contribution in [0.3, 0.4) is 0 Å². The molecule has 3 aromatic rings. The van der Waals surface area contributed by atoms with Gasteiger partial charge in [-0.25, -0.2) is 30.7 Å². The van der Waals surface area contributed by atoms with E-state index in [2.05, 4.69) is 4.74 Å². The predicted octanol–water partition coefficient (Wildman–Crippen LogP) is 7.14. The van der Waals surface area contributed by atoms with Gasteiger partial charge in [0.1, 0.15) is 22.9 Å². The Labute approximate surface area is 198 Å². The molecule has 12 heteroatoms. The summed E-state index contributed by atoms with van der Waals surface area (Å²) in [6, 6.07) is 2.73. The number of ether oxygens (including phenoxy) is 3. The van der Waals surface area contributed by atoms with Gasteiger partial charge in [-0.15, -0.1) is 0 Å². The van der Waals surface area contributed by atoms with Crippen molar-refractivity contribution in [1.82, 2.24) is 0 Å². The lowest BCUT2D eigenvalue weighted by Gasteiger charge is -2.28. The Kier molecular flexibility index (Phi) is 6.93. The normalized spacial score (nSPS) is 18.4. The van der Waals surface area contributed by atoms with Crippen molar-refractivity contribution in [2.45, 2.75) is 19.3 Å². The lowest BCUT2D eigenvalue weighted by Crippen LogP contribution is -2.26. The number of hydrogen-bond acceptors (Lipinski definition) is 3. The predicted molar refractivity (Wildman–Crippen MR) is 106 cm³/mol. The molecular formula is C24H15F9O3. The summed E-state index contributed by atoms with van der Waals surface area (Å²) in [6.45, 7) is 2.26. The first-order chi connectivity index (χ1) is 16.9. The Balaban J connectivity index is 1.66. The maximum absolute atomic E-state index is 14.8. The van der Waals surface area contributed by atoms with Gasteiger partial charge in [-0.2, -0.15) is 8.78 Å². The molecule has 0 saturated carbocycles. The SMILES string of the molecule is CC1COC(c2ccc(-c3cc(F)c(C(F)(F)Oc4cc(F)c(F)c(F)c4)c(F)c3)c(F)c2F)OC1. The quantitative estimate of drug-likeness (QED) is 0.264. The number of halogens is 9. The Morgan fingerprint density at radius 3 is 1.86 bits per heavy atom. The number of benzene rings is 3. The van der Waals surface area contributed by atoms with E-state index in [1.807, 2.05) is 6.92 Å². The molecule has 0 amide bonds. The van der Waals surface area contributed by atoms with Crippen molar-refractivity contribution >= 4 is 0 Å². The zero-order valence-corrected chi connectivity index (χ0v) is 18.2. The van der Waals surface area contributed by atoms with Crippen LogP contribution < -0.4 is 4.74 Å². The summed E-state index contributed by atoms with van der Waals surface area (Å²) in [6.07, 6.45) is -6.04. The first-order valence-corrected chi connectivity index (χ1v) is 10.3. The molecule has 0 radical (unpaired) electrons. The van der Waals surface area contributed by atoms with Crippen molar-refractivity contribution < 1.29 is 53.7 Å². The zero-order chi connectivity index (χ0) is 26.4. The van der Waals surface area contributed by atoms with Crippen LogP contribution in [0.25, 0.3) is 11.1 Å². The molecule has 1 fully saturated rings. The molecule has 0 N–H and O–H groups in total. The summed E-state index contributed by atoms with van der Waals surface area (Å²) in [4.78, 5) is 0. The second-order valence-corrected chi connectivity index (χ2v) is 8.07. The molecule has 1 aliphatic rings. The van der Waals surface area contributed by atoms with Crippen molar-refractivity contribution in [3.05, 3.63) is 88.2 Å². The maximum Gasteiger partial charge on any atom is 0.432 e. The summed E-state index contributed by atoms with van der Waals surface area (Å²) in [5.41, 5.74) is -3.58. The average molecular weight is 522 g/mol. The molecule has 1 aliphatic heterocycles. The first-order valence-electron chi connectivity index (χ1n) is 10.3. The topological polar surface area (TPSA) is 27.7 Å². The second kappa shape index (κ2) is 9.66. The third-order valence-electron chi connectivity index (χ3n) is 5.28. The molecule has 4 rings (SSSR count). The van der Waals surface area contributed by atoms with E-state index >= 15 is 0 Å². The van der Waals surface area contributed by atoms with Crippen molar-refractivity contribution in [2.75, 3.05) is 13.2 Å². The van der Waals surface area contributed by atoms with E-state index in [4.69, 9.17) is 9.47 Å². The molecule has 192 valence electrons. The van der Waals surface area contributed by atoms with E-state index in [0.717, 1.165) is 12.1 Å². The highest BCUT2D eigenvalue weighted by atomic mass is 19.3. The van der Waals surface area contributed by atoms with Crippen LogP contribution in [0, 0.1) is 46.6 Å². The van der Waals surface area contributed by atoms with Crippen molar-refractivity contribution in [1.29, 1.82) is 0 Å². The molecule has 0 unspecified atom stereocenters. The molecule has 0 spiro atoms. The Bertz CT molecular complexity index is 1260. The van der Waals surface area contributed by atoms with Crippen LogP contribution in [0.1, 0.15) is 24.3 Å². The van der Waals surface area contributed by atoms with Gasteiger partial charge in [0, 0.05) is 29.2 Å². The summed E-state index contributed by atoms with van der Waals surface area (Å²) in [5.74, 6) is -13.8. The van der Waals surface area contributed by atoms with Gasteiger partial charge in [-0.1, -0.05) is 19.1 Å². The van der Waals surface area contributed by atoms with E-state index in [-0.39, 0.29) is 36.8 Å². The van der Waals surface area contributed by atoms with Gasteiger partial charge in [0.2, 0.25) is 0 Å². The van der Waals surface area contributed by atoms with Gasteiger partial charge < -0.3 is 14.2 Å². The number of alkyl halides is 2. The van der Waals surface area contributed by atoms with Crippen LogP contribution in [-0.2, 0) is 15.6 Å². The van der Waals surface area contributed by atoms with Gasteiger partial charge in [-0.3, -0.25) is 0 Å². The molecule has 1 saturated heterocycles. The maximum atomic E-state index is 14.8. The van der Waals surface area contributed by atoms with Crippen molar-refractivity contribution in [2.24, 2.45) is 5.92 Å². The largest absolute Gasteiger partial charge is 0.432 e. The van der Waals surface area contributed by atoms with Crippen molar-refractivity contribution in [3.8, 4) is 16.9 Å². The fourth-order valence-corrected chi connectivity index (χ4v) is 3.55. The third-order valence-corrected chi connectivity index (χ3v) is 5.28. The molecule has 36 heavy (non-hydrogen) atoms. The monoisotopic (exact) mass is 522 g/mol. The molecule has 1 heterocycles. The fraction of sp³-hybridized carbons (Fsp3) is 0.250. The fourth-order valence-electron chi connectivity index (χ4n) is 3.55. The molecule has 0 bridgehead atoms. The second-order valence-electron chi connectivity index (χ2n) is 8.07. The Hall–Kier alpha value is -3.25. The highest BCUT2D eigenvalue weighted by Gasteiger charge is 2.42. The Morgan fingerprint density at radius 1 is 0.750 bits per heavy atom. The minimum Gasteiger partial charge on any atom is -0.429 e. The molecule has 3 aromatic carbocycles. The third kappa shape index (κ3) is 4.87. The van der Waals surface area contributed by atoms with Crippen LogP contribution in [0.4, 0.5) is 39.5 Å². The first kappa shape index (κ1) is 25.8. The summed E-state index contributed by atoms with van der Waals surface area (Å²) in [5, 5.41) is 0. The van der Waals surface area contributed by atoms with Crippen LogP contribution in [0.15, 0.2) is 36.4 Å². The molecule has 0 atom stereocenters. The van der Waals surface area contributed by atoms with E-state index in [9.17, 15) is 39.5 Å². The van der Waals surface area contributed by atoms with Gasteiger partial charge in [0.05, 0.1) is 13.2 Å². The highest BCUT2D eigenvalue weighted by molar-refractivity contribution is 5.65. The van der Waals surface area contributed by atoms with Gasteiger partial charge in [0.25, 0.3) is 0 Å². The average Bonchev–Trinajstić information content (AvgIpc) is 2.79. The summed E-state index contributed by atoms with van der Waals surface area (Å²) < 4.78 is 142. The summed E-state index contributed by atoms with van der Waals surface area (Å²) in [7, 11) is 0. The lowest BCUT2D eigenvalue weighted by atomic mass is 9.99. The number of rotatable bonds is 5. The molecule has 0 aromatic heterocycles. The lowest BCUT2D eigenvalue weighted by molar-refractivity contribution is -0.203. The summed E-state index contributed by atoms with van der Waals surface area (Å²) >= 11 is 0. The van der Waals surface area contributed by atoms with E-state index < -0.39 is 75.6 Å². The van der Waals surface area contributed by atoms with E-state index in [0.29, 0.717) is 12.1 Å². The van der Waals surface area contributed by atoms with Crippen LogP contribution >= 0.6 is 0 Å². The Morgan fingerprint density at radius 2 is 1.31 bits per heavy atom. The smallest absolute Gasteiger partial charge is 0.429 e. The van der Waals surface area contributed by atoms with E-state index in [1.54, 1.807) is 0 Å². The highest BCUT2D eigenvalue weighted by Crippen LogP contribution is 2.39. The van der Waals surface area contributed by atoms with Gasteiger partial charge in [-0.05, 0) is 17.7 Å². The molecule has 0 aliphatic carbocycles. The van der Waals surface area contributed by atoms with Crippen molar-refractivity contribution in [3.63, 3.8) is 0 Å². The zero-order valence-electron chi connectivity index (χ0n) is 18.2. The van der Waals surface area contributed by atoms with Crippen LogP contribution in [0.2, 0.25) is 0 Å². The van der Waals surface area contributed by atoms with Crippen LogP contribution in [0.5, 0.6) is 5.75 Å². The number of hydrogen-bond donors (Lipinski definition) is 0.